The van der Waals surface area contributed by atoms with Crippen LogP contribution in [0.2, 0.25) is 5.02 Å². The van der Waals surface area contributed by atoms with E-state index in [4.69, 9.17) is 25.8 Å². The quantitative estimate of drug-likeness (QED) is 0.656. The second-order valence-electron chi connectivity index (χ2n) is 7.74. The summed E-state index contributed by atoms with van der Waals surface area (Å²) in [5.74, 6) is 0.430. The third kappa shape index (κ3) is 5.43. The van der Waals surface area contributed by atoms with Crippen LogP contribution >= 0.6 is 11.6 Å². The van der Waals surface area contributed by atoms with Crippen molar-refractivity contribution in [3.05, 3.63) is 40.5 Å². The Hall–Kier alpha value is -3.00. The highest BCUT2D eigenvalue weighted by Gasteiger charge is 2.24. The second kappa shape index (κ2) is 10.5. The first-order chi connectivity index (χ1) is 15.3. The molecule has 2 aromatic rings. The Bertz CT molecular complexity index is 990. The number of piperidine rings is 1. The Labute approximate surface area is 192 Å². The number of halogens is 1. The predicted octanol–water partition coefficient (Wildman–Crippen LogP) is 4.42. The fraction of sp³-hybridized carbons (Fsp3) is 0.435. The average Bonchev–Trinajstić information content (AvgIpc) is 2.79. The number of rotatable bonds is 7. The highest BCUT2D eigenvalue weighted by atomic mass is 35.5. The standard InChI is InChI=1S/C23H28ClN3O5/c1-14(2)32-22-17(24)10-15(13-25-22)21(28)26-18-12-20(31-4)19(30-3)11-16(18)23(29)27-8-6-5-7-9-27/h10-14H,5-9H2,1-4H3,(H,26,28). The fourth-order valence-electron chi connectivity index (χ4n) is 3.48. The number of aromatic nitrogens is 1. The molecule has 9 heteroatoms. The maximum absolute atomic E-state index is 13.2. The Morgan fingerprint density at radius 3 is 2.31 bits per heavy atom. The van der Waals surface area contributed by atoms with Gasteiger partial charge in [0.25, 0.3) is 11.8 Å². The van der Waals surface area contributed by atoms with Gasteiger partial charge in [0, 0.05) is 25.4 Å². The molecule has 1 aliphatic rings. The molecular weight excluding hydrogens is 434 g/mol. The number of nitrogens with one attached hydrogen (secondary N) is 1. The minimum absolute atomic E-state index is 0.102. The summed E-state index contributed by atoms with van der Waals surface area (Å²) < 4.78 is 16.3. The Kier molecular flexibility index (Phi) is 7.80. The molecular formula is C23H28ClN3O5. The molecule has 172 valence electrons. The number of carbonyl (C=O) groups is 2. The SMILES string of the molecule is COc1cc(NC(=O)c2cnc(OC(C)C)c(Cl)c2)c(C(=O)N2CCCCC2)cc1OC. The number of hydrogen-bond donors (Lipinski definition) is 1. The fourth-order valence-corrected chi connectivity index (χ4v) is 3.69. The maximum atomic E-state index is 13.2. The van der Waals surface area contributed by atoms with Gasteiger partial charge in [-0.15, -0.1) is 0 Å². The maximum Gasteiger partial charge on any atom is 0.257 e. The van der Waals surface area contributed by atoms with Gasteiger partial charge in [-0.1, -0.05) is 11.6 Å². The van der Waals surface area contributed by atoms with Crippen molar-refractivity contribution in [1.82, 2.24) is 9.88 Å². The largest absolute Gasteiger partial charge is 0.493 e. The van der Waals surface area contributed by atoms with E-state index in [-0.39, 0.29) is 28.5 Å². The Morgan fingerprint density at radius 1 is 1.06 bits per heavy atom. The van der Waals surface area contributed by atoms with Gasteiger partial charge in [0.05, 0.1) is 37.1 Å². The number of benzene rings is 1. The first kappa shape index (κ1) is 23.7. The third-order valence-electron chi connectivity index (χ3n) is 5.06. The summed E-state index contributed by atoms with van der Waals surface area (Å²) in [5, 5.41) is 3.02. The normalized spacial score (nSPS) is 13.6. The lowest BCUT2D eigenvalue weighted by Crippen LogP contribution is -2.36. The van der Waals surface area contributed by atoms with Crippen LogP contribution in [0.5, 0.6) is 17.4 Å². The molecule has 1 aliphatic heterocycles. The van der Waals surface area contributed by atoms with E-state index in [2.05, 4.69) is 10.3 Å². The molecule has 1 fully saturated rings. The number of anilines is 1. The van der Waals surface area contributed by atoms with Crippen molar-refractivity contribution in [2.24, 2.45) is 0 Å². The third-order valence-corrected chi connectivity index (χ3v) is 5.33. The molecule has 32 heavy (non-hydrogen) atoms. The number of methoxy groups -OCH3 is 2. The van der Waals surface area contributed by atoms with Gasteiger partial charge in [-0.2, -0.15) is 0 Å². The molecule has 0 aliphatic carbocycles. The van der Waals surface area contributed by atoms with Crippen molar-refractivity contribution in [3.8, 4) is 17.4 Å². The van der Waals surface area contributed by atoms with Gasteiger partial charge in [-0.05, 0) is 45.2 Å². The summed E-state index contributed by atoms with van der Waals surface area (Å²) in [6.45, 7) is 5.07. The number of carbonyl (C=O) groups excluding carboxylic acids is 2. The van der Waals surface area contributed by atoms with Gasteiger partial charge in [0.15, 0.2) is 11.5 Å². The van der Waals surface area contributed by atoms with Gasteiger partial charge in [-0.25, -0.2) is 4.98 Å². The van der Waals surface area contributed by atoms with E-state index in [0.717, 1.165) is 19.3 Å². The number of hydrogen-bond acceptors (Lipinski definition) is 6. The number of pyridine rings is 1. The zero-order valence-electron chi connectivity index (χ0n) is 18.7. The van der Waals surface area contributed by atoms with Crippen LogP contribution in [0.3, 0.4) is 0 Å². The van der Waals surface area contributed by atoms with E-state index in [1.54, 1.807) is 17.0 Å². The predicted molar refractivity (Wildman–Crippen MR) is 122 cm³/mol. The highest BCUT2D eigenvalue weighted by Crippen LogP contribution is 2.35. The summed E-state index contributed by atoms with van der Waals surface area (Å²) in [5.41, 5.74) is 0.885. The Balaban J connectivity index is 1.92. The van der Waals surface area contributed by atoms with E-state index in [1.807, 2.05) is 13.8 Å². The molecule has 1 aromatic heterocycles. The van der Waals surface area contributed by atoms with Crippen LogP contribution in [0.1, 0.15) is 53.8 Å². The topological polar surface area (TPSA) is 90.0 Å². The molecule has 2 heterocycles. The lowest BCUT2D eigenvalue weighted by Gasteiger charge is -2.28. The van der Waals surface area contributed by atoms with Crippen LogP contribution in [-0.4, -0.2) is 55.1 Å². The van der Waals surface area contributed by atoms with Crippen LogP contribution in [0, 0.1) is 0 Å². The van der Waals surface area contributed by atoms with E-state index in [9.17, 15) is 9.59 Å². The van der Waals surface area contributed by atoms with E-state index in [1.165, 1.54) is 26.5 Å². The zero-order chi connectivity index (χ0) is 23.3. The number of likely N-dealkylation sites (tertiary alicyclic amines) is 1. The highest BCUT2D eigenvalue weighted by molar-refractivity contribution is 6.32. The van der Waals surface area contributed by atoms with Gasteiger partial charge in [0.2, 0.25) is 5.88 Å². The van der Waals surface area contributed by atoms with Crippen LogP contribution < -0.4 is 19.5 Å². The minimum Gasteiger partial charge on any atom is -0.493 e. The van der Waals surface area contributed by atoms with Crippen molar-refractivity contribution in [3.63, 3.8) is 0 Å². The van der Waals surface area contributed by atoms with Crippen LogP contribution in [-0.2, 0) is 0 Å². The molecule has 0 spiro atoms. The summed E-state index contributed by atoms with van der Waals surface area (Å²) in [7, 11) is 2.99. The van der Waals surface area contributed by atoms with E-state index in [0.29, 0.717) is 35.8 Å². The van der Waals surface area contributed by atoms with E-state index < -0.39 is 5.91 Å². The van der Waals surface area contributed by atoms with Gasteiger partial charge in [0.1, 0.15) is 5.02 Å². The average molecular weight is 462 g/mol. The zero-order valence-corrected chi connectivity index (χ0v) is 19.5. The summed E-state index contributed by atoms with van der Waals surface area (Å²) in [6.07, 6.45) is 4.29. The molecule has 0 saturated carbocycles. The number of ether oxygens (including phenoxy) is 3. The summed E-state index contributed by atoms with van der Waals surface area (Å²) in [6, 6.07) is 4.66. The second-order valence-corrected chi connectivity index (χ2v) is 8.14. The minimum atomic E-state index is -0.463. The van der Waals surface area contributed by atoms with Crippen molar-refractivity contribution >= 4 is 29.1 Å². The van der Waals surface area contributed by atoms with Crippen LogP contribution in [0.25, 0.3) is 0 Å². The van der Waals surface area contributed by atoms with Crippen molar-refractivity contribution in [2.45, 2.75) is 39.2 Å². The molecule has 0 bridgehead atoms. The number of nitrogens with zero attached hydrogens (tertiary/aromatic N) is 2. The molecule has 8 nitrogen and oxygen atoms in total. The molecule has 1 aromatic carbocycles. The molecule has 1 N–H and O–H groups in total. The van der Waals surface area contributed by atoms with Crippen molar-refractivity contribution in [1.29, 1.82) is 0 Å². The van der Waals surface area contributed by atoms with Crippen molar-refractivity contribution < 1.29 is 23.8 Å². The lowest BCUT2D eigenvalue weighted by atomic mass is 10.1. The van der Waals surface area contributed by atoms with Crippen molar-refractivity contribution in [2.75, 3.05) is 32.6 Å². The van der Waals surface area contributed by atoms with Gasteiger partial charge in [-0.3, -0.25) is 9.59 Å². The lowest BCUT2D eigenvalue weighted by molar-refractivity contribution is 0.0725. The molecule has 2 amide bonds. The summed E-state index contributed by atoms with van der Waals surface area (Å²) >= 11 is 6.23. The molecule has 0 atom stereocenters. The van der Waals surface area contributed by atoms with Crippen LogP contribution in [0.4, 0.5) is 5.69 Å². The first-order valence-electron chi connectivity index (χ1n) is 10.5. The first-order valence-corrected chi connectivity index (χ1v) is 10.9. The van der Waals surface area contributed by atoms with Gasteiger partial charge < -0.3 is 24.4 Å². The smallest absolute Gasteiger partial charge is 0.257 e. The molecule has 0 radical (unpaired) electrons. The monoisotopic (exact) mass is 461 g/mol. The molecule has 0 unspecified atom stereocenters. The molecule has 1 saturated heterocycles. The van der Waals surface area contributed by atoms with Crippen LogP contribution in [0.15, 0.2) is 24.4 Å². The number of amides is 2. The van der Waals surface area contributed by atoms with Gasteiger partial charge >= 0.3 is 0 Å². The Morgan fingerprint density at radius 2 is 1.72 bits per heavy atom. The van der Waals surface area contributed by atoms with E-state index >= 15 is 0 Å². The summed E-state index contributed by atoms with van der Waals surface area (Å²) in [4.78, 5) is 32.1. The molecule has 3 rings (SSSR count).